The van der Waals surface area contributed by atoms with E-state index < -0.39 is 0 Å². The second kappa shape index (κ2) is 5.14. The lowest BCUT2D eigenvalue weighted by Gasteiger charge is -2.08. The number of anilines is 1. The van der Waals surface area contributed by atoms with Crippen molar-refractivity contribution in [3.63, 3.8) is 0 Å². The number of hydrogen-bond acceptors (Lipinski definition) is 4. The van der Waals surface area contributed by atoms with Gasteiger partial charge in [0.15, 0.2) is 5.82 Å². The molecule has 1 heterocycles. The fourth-order valence-electron chi connectivity index (χ4n) is 0.828. The van der Waals surface area contributed by atoms with E-state index in [1.54, 1.807) is 7.05 Å². The molecule has 0 fully saturated rings. The van der Waals surface area contributed by atoms with Gasteiger partial charge in [0, 0.05) is 12.3 Å². The summed E-state index contributed by atoms with van der Waals surface area (Å²) in [6.45, 7) is 4.11. The minimum atomic E-state index is -0.352. The maximum absolute atomic E-state index is 13.2. The van der Waals surface area contributed by atoms with E-state index in [1.165, 1.54) is 18.0 Å². The van der Waals surface area contributed by atoms with Crippen molar-refractivity contribution in [1.29, 1.82) is 0 Å². The zero-order valence-corrected chi connectivity index (χ0v) is 9.36. The second-order valence-electron chi connectivity index (χ2n) is 2.93. The molecule has 0 aliphatic heterocycles. The van der Waals surface area contributed by atoms with Crippen LogP contribution in [0.4, 0.5) is 10.3 Å². The van der Waals surface area contributed by atoms with Gasteiger partial charge in [-0.2, -0.15) is 0 Å². The Labute approximate surface area is 87.5 Å². The summed E-state index contributed by atoms with van der Waals surface area (Å²) in [6, 6.07) is 0. The highest BCUT2D eigenvalue weighted by molar-refractivity contribution is 7.99. The van der Waals surface area contributed by atoms with Crippen LogP contribution >= 0.6 is 11.8 Å². The summed E-state index contributed by atoms with van der Waals surface area (Å²) < 4.78 is 13.2. The van der Waals surface area contributed by atoms with Gasteiger partial charge in [-0.05, 0) is 6.42 Å². The Morgan fingerprint density at radius 3 is 2.93 bits per heavy atom. The van der Waals surface area contributed by atoms with Crippen molar-refractivity contribution in [2.75, 3.05) is 12.4 Å². The van der Waals surface area contributed by atoms with E-state index in [4.69, 9.17) is 0 Å². The lowest BCUT2D eigenvalue weighted by atomic mass is 10.4. The van der Waals surface area contributed by atoms with E-state index in [0.717, 1.165) is 6.42 Å². The van der Waals surface area contributed by atoms with Gasteiger partial charge in [-0.1, -0.05) is 13.8 Å². The Morgan fingerprint density at radius 1 is 1.64 bits per heavy atom. The van der Waals surface area contributed by atoms with E-state index in [9.17, 15) is 4.39 Å². The van der Waals surface area contributed by atoms with Crippen molar-refractivity contribution in [3.8, 4) is 0 Å². The standard InChI is InChI=1S/C9H14FN3S/c1-4-6(2)14-8-7(10)5-12-9(11-3)13-8/h5-6H,4H2,1-3H3,(H,11,12,13). The topological polar surface area (TPSA) is 37.8 Å². The van der Waals surface area contributed by atoms with Gasteiger partial charge in [0.25, 0.3) is 0 Å². The Kier molecular flexibility index (Phi) is 4.13. The van der Waals surface area contributed by atoms with Gasteiger partial charge in [-0.3, -0.25) is 0 Å². The molecular formula is C9H14FN3S. The minimum Gasteiger partial charge on any atom is -0.357 e. The van der Waals surface area contributed by atoms with Crippen molar-refractivity contribution < 1.29 is 4.39 Å². The number of aromatic nitrogens is 2. The molecular weight excluding hydrogens is 201 g/mol. The van der Waals surface area contributed by atoms with Gasteiger partial charge < -0.3 is 5.32 Å². The number of thioether (sulfide) groups is 1. The van der Waals surface area contributed by atoms with E-state index in [1.807, 2.05) is 6.92 Å². The number of halogens is 1. The van der Waals surface area contributed by atoms with Crippen LogP contribution in [0.1, 0.15) is 20.3 Å². The molecule has 1 aromatic heterocycles. The first-order valence-electron chi connectivity index (χ1n) is 4.54. The maximum atomic E-state index is 13.2. The Hall–Kier alpha value is -0.840. The fraction of sp³-hybridized carbons (Fsp3) is 0.556. The molecule has 0 saturated heterocycles. The number of nitrogens with one attached hydrogen (secondary N) is 1. The third kappa shape index (κ3) is 2.83. The lowest BCUT2D eigenvalue weighted by Crippen LogP contribution is -2.01. The summed E-state index contributed by atoms with van der Waals surface area (Å²) in [5.74, 6) is 0.103. The monoisotopic (exact) mass is 215 g/mol. The van der Waals surface area contributed by atoms with Crippen LogP contribution in [0.15, 0.2) is 11.2 Å². The van der Waals surface area contributed by atoms with Crippen LogP contribution < -0.4 is 5.32 Å². The first-order chi connectivity index (χ1) is 6.67. The highest BCUT2D eigenvalue weighted by Crippen LogP contribution is 2.25. The Morgan fingerprint density at radius 2 is 2.36 bits per heavy atom. The first kappa shape index (κ1) is 11.2. The molecule has 1 unspecified atom stereocenters. The second-order valence-corrected chi connectivity index (χ2v) is 4.36. The quantitative estimate of drug-likeness (QED) is 0.618. The molecule has 1 atom stereocenters. The zero-order chi connectivity index (χ0) is 10.6. The summed E-state index contributed by atoms with van der Waals surface area (Å²) in [4.78, 5) is 7.82. The normalized spacial score (nSPS) is 12.6. The smallest absolute Gasteiger partial charge is 0.223 e. The summed E-state index contributed by atoms with van der Waals surface area (Å²) in [7, 11) is 1.71. The largest absolute Gasteiger partial charge is 0.357 e. The molecule has 0 amide bonds. The van der Waals surface area contributed by atoms with Crippen LogP contribution in [-0.4, -0.2) is 22.3 Å². The van der Waals surface area contributed by atoms with E-state index >= 15 is 0 Å². The Balaban J connectivity index is 2.83. The van der Waals surface area contributed by atoms with Gasteiger partial charge in [0.2, 0.25) is 5.95 Å². The Bertz CT molecular complexity index is 306. The number of rotatable bonds is 4. The van der Waals surface area contributed by atoms with Crippen molar-refractivity contribution in [1.82, 2.24) is 9.97 Å². The molecule has 1 rings (SSSR count). The molecule has 0 aromatic carbocycles. The molecule has 0 bridgehead atoms. The molecule has 14 heavy (non-hydrogen) atoms. The molecule has 78 valence electrons. The van der Waals surface area contributed by atoms with Gasteiger partial charge in [0.1, 0.15) is 5.03 Å². The third-order valence-corrected chi connectivity index (χ3v) is 3.07. The van der Waals surface area contributed by atoms with Crippen LogP contribution in [0, 0.1) is 5.82 Å². The average Bonchev–Trinajstić information content (AvgIpc) is 2.21. The molecule has 0 saturated carbocycles. The van der Waals surface area contributed by atoms with Crippen molar-refractivity contribution in [2.45, 2.75) is 30.5 Å². The highest BCUT2D eigenvalue weighted by atomic mass is 32.2. The molecule has 0 radical (unpaired) electrons. The van der Waals surface area contributed by atoms with Gasteiger partial charge in [-0.25, -0.2) is 14.4 Å². The fourth-order valence-corrected chi connectivity index (χ4v) is 1.68. The molecule has 0 spiro atoms. The van der Waals surface area contributed by atoms with E-state index in [2.05, 4.69) is 22.2 Å². The van der Waals surface area contributed by atoms with Crippen molar-refractivity contribution >= 4 is 17.7 Å². The summed E-state index contributed by atoms with van der Waals surface area (Å²) in [5, 5.41) is 3.56. The van der Waals surface area contributed by atoms with Crippen LogP contribution in [0.3, 0.4) is 0 Å². The van der Waals surface area contributed by atoms with Crippen LogP contribution in [-0.2, 0) is 0 Å². The molecule has 0 aliphatic rings. The van der Waals surface area contributed by atoms with Gasteiger partial charge in [0.05, 0.1) is 6.20 Å². The van der Waals surface area contributed by atoms with E-state index in [-0.39, 0.29) is 5.82 Å². The average molecular weight is 215 g/mol. The summed E-state index contributed by atoms with van der Waals surface area (Å²) in [5.41, 5.74) is 0. The molecule has 1 N–H and O–H groups in total. The SMILES string of the molecule is CCC(C)Sc1nc(NC)ncc1F. The lowest BCUT2D eigenvalue weighted by molar-refractivity contribution is 0.579. The number of nitrogens with zero attached hydrogens (tertiary/aromatic N) is 2. The minimum absolute atomic E-state index is 0.352. The first-order valence-corrected chi connectivity index (χ1v) is 5.42. The molecule has 0 aliphatic carbocycles. The zero-order valence-electron chi connectivity index (χ0n) is 8.54. The molecule has 3 nitrogen and oxygen atoms in total. The summed E-state index contributed by atoms with van der Waals surface area (Å²) in [6.07, 6.45) is 2.19. The van der Waals surface area contributed by atoms with Crippen LogP contribution in [0.5, 0.6) is 0 Å². The number of hydrogen-bond donors (Lipinski definition) is 1. The van der Waals surface area contributed by atoms with Gasteiger partial charge in [-0.15, -0.1) is 11.8 Å². The molecule has 5 heteroatoms. The predicted octanol–water partition coefficient (Wildman–Crippen LogP) is 2.55. The van der Waals surface area contributed by atoms with Gasteiger partial charge >= 0.3 is 0 Å². The summed E-state index contributed by atoms with van der Waals surface area (Å²) >= 11 is 1.43. The van der Waals surface area contributed by atoms with Crippen molar-refractivity contribution in [2.24, 2.45) is 0 Å². The highest BCUT2D eigenvalue weighted by Gasteiger charge is 2.10. The third-order valence-electron chi connectivity index (χ3n) is 1.82. The van der Waals surface area contributed by atoms with Crippen LogP contribution in [0.2, 0.25) is 0 Å². The van der Waals surface area contributed by atoms with Crippen molar-refractivity contribution in [3.05, 3.63) is 12.0 Å². The maximum Gasteiger partial charge on any atom is 0.223 e. The van der Waals surface area contributed by atoms with E-state index in [0.29, 0.717) is 16.2 Å². The van der Waals surface area contributed by atoms with Crippen LogP contribution in [0.25, 0.3) is 0 Å². The molecule has 1 aromatic rings. The predicted molar refractivity (Wildman–Crippen MR) is 57.1 cm³/mol.